The Morgan fingerprint density at radius 1 is 0.788 bits per heavy atom. The molecule has 0 radical (unpaired) electrons. The number of aliphatic hydroxyl groups excluding tert-OH is 1. The van der Waals surface area contributed by atoms with E-state index >= 15 is 0 Å². The lowest BCUT2D eigenvalue weighted by atomic mass is 9.31. The lowest BCUT2D eigenvalue weighted by Gasteiger charge is -2.73. The first-order chi connectivity index (χ1) is 15.2. The summed E-state index contributed by atoms with van der Waals surface area (Å²) in [5, 5.41) is 11.2. The first kappa shape index (κ1) is 23.8. The standard InChI is InChI=1S/C30H49BrO2/c1-25(2)12-14-30-15-13-28(6)18(22(30)24(25)33-17-30)8-9-21-27(5)16-19(32)23(31)26(3,4)20(27)10-11-29(21,28)7/h18-24,32H,8-17H2,1-7H3/t18-,19+,20+,21-,22-,23+,24-,27-,28-,29+,30+/m1/s1. The van der Waals surface area contributed by atoms with Gasteiger partial charge in [0.25, 0.3) is 0 Å². The Kier molecular flexibility index (Phi) is 4.92. The van der Waals surface area contributed by atoms with Crippen molar-refractivity contribution >= 4 is 15.9 Å². The van der Waals surface area contributed by atoms with Gasteiger partial charge in [-0.05, 0) is 114 Å². The van der Waals surface area contributed by atoms with Gasteiger partial charge < -0.3 is 9.84 Å². The molecule has 2 bridgehead atoms. The molecular formula is C30H49BrO2. The Hall–Kier alpha value is 0.400. The number of hydrogen-bond acceptors (Lipinski definition) is 2. The summed E-state index contributed by atoms with van der Waals surface area (Å²) in [6.45, 7) is 18.9. The summed E-state index contributed by atoms with van der Waals surface area (Å²) in [5.41, 5.74) is 1.96. The van der Waals surface area contributed by atoms with E-state index in [2.05, 4.69) is 64.4 Å². The summed E-state index contributed by atoms with van der Waals surface area (Å²) < 4.78 is 6.71. The second kappa shape index (κ2) is 6.83. The highest BCUT2D eigenvalue weighted by Crippen LogP contribution is 2.78. The van der Waals surface area contributed by atoms with Crippen LogP contribution in [0.1, 0.15) is 106 Å². The first-order valence-corrected chi connectivity index (χ1v) is 15.1. The van der Waals surface area contributed by atoms with Crippen LogP contribution in [0.5, 0.6) is 0 Å². The van der Waals surface area contributed by atoms with Crippen LogP contribution in [0, 0.1) is 56.2 Å². The number of alkyl halides is 1. The molecule has 0 spiro atoms. The van der Waals surface area contributed by atoms with Crippen molar-refractivity contribution in [3.05, 3.63) is 0 Å². The lowest BCUT2D eigenvalue weighted by Crippen LogP contribution is -2.68. The van der Waals surface area contributed by atoms with Crippen LogP contribution in [0.2, 0.25) is 0 Å². The van der Waals surface area contributed by atoms with Gasteiger partial charge >= 0.3 is 0 Å². The van der Waals surface area contributed by atoms with E-state index < -0.39 is 0 Å². The number of rotatable bonds is 0. The van der Waals surface area contributed by atoms with Crippen LogP contribution >= 0.6 is 15.9 Å². The smallest absolute Gasteiger partial charge is 0.0675 e. The molecule has 2 nitrogen and oxygen atoms in total. The minimum absolute atomic E-state index is 0.141. The first-order valence-electron chi connectivity index (χ1n) is 14.2. The molecule has 3 heteroatoms. The fraction of sp³-hybridized carbons (Fsp3) is 1.00. The van der Waals surface area contributed by atoms with Crippen molar-refractivity contribution in [3.8, 4) is 0 Å². The molecule has 0 unspecified atom stereocenters. The Labute approximate surface area is 211 Å². The fourth-order valence-electron chi connectivity index (χ4n) is 12.1. The summed E-state index contributed by atoms with van der Waals surface area (Å²) in [7, 11) is 0. The maximum Gasteiger partial charge on any atom is 0.0675 e. The Morgan fingerprint density at radius 2 is 1.48 bits per heavy atom. The molecule has 6 fully saturated rings. The van der Waals surface area contributed by atoms with Gasteiger partial charge in [-0.1, -0.05) is 64.4 Å². The van der Waals surface area contributed by atoms with Crippen LogP contribution in [0.25, 0.3) is 0 Å². The molecule has 1 N–H and O–H groups in total. The Bertz CT molecular complexity index is 837. The Balaban J connectivity index is 1.40. The van der Waals surface area contributed by atoms with Crippen molar-refractivity contribution < 1.29 is 9.84 Å². The van der Waals surface area contributed by atoms with E-state index in [-0.39, 0.29) is 21.8 Å². The van der Waals surface area contributed by atoms with Gasteiger partial charge in [-0.2, -0.15) is 0 Å². The van der Waals surface area contributed by atoms with Crippen molar-refractivity contribution in [2.75, 3.05) is 6.61 Å². The molecule has 0 amide bonds. The molecule has 33 heavy (non-hydrogen) atoms. The fourth-order valence-corrected chi connectivity index (χ4v) is 12.6. The predicted octanol–water partition coefficient (Wildman–Crippen LogP) is 7.61. The monoisotopic (exact) mass is 520 g/mol. The van der Waals surface area contributed by atoms with Crippen LogP contribution in [0.3, 0.4) is 0 Å². The molecule has 188 valence electrons. The summed E-state index contributed by atoms with van der Waals surface area (Å²) >= 11 is 3.93. The predicted molar refractivity (Wildman–Crippen MR) is 138 cm³/mol. The molecule has 1 aliphatic heterocycles. The van der Waals surface area contributed by atoms with E-state index in [4.69, 9.17) is 4.74 Å². The third-order valence-corrected chi connectivity index (χ3v) is 15.8. The quantitative estimate of drug-likeness (QED) is 0.333. The van der Waals surface area contributed by atoms with Crippen molar-refractivity contribution in [2.45, 2.75) is 123 Å². The minimum atomic E-state index is -0.229. The largest absolute Gasteiger partial charge is 0.392 e. The molecular weight excluding hydrogens is 472 g/mol. The maximum atomic E-state index is 11.2. The average molecular weight is 522 g/mol. The Morgan fingerprint density at radius 3 is 2.21 bits per heavy atom. The molecule has 6 aliphatic rings. The van der Waals surface area contributed by atoms with Crippen molar-refractivity contribution in [1.29, 1.82) is 0 Å². The SMILES string of the molecule is CC1(C)CC[C@@]23CC[C@]4(C)[C@H](CC[C@@H]5[C@]6(C)C[C@H](O)[C@H](Br)C(C)(C)[C@@H]6CC[C@@]54C)[C@@H]2[C@H]1OC3. The van der Waals surface area contributed by atoms with Gasteiger partial charge in [0.2, 0.25) is 0 Å². The van der Waals surface area contributed by atoms with Crippen LogP contribution in [-0.4, -0.2) is 28.7 Å². The minimum Gasteiger partial charge on any atom is -0.392 e. The zero-order valence-corrected chi connectivity index (χ0v) is 23.9. The van der Waals surface area contributed by atoms with E-state index in [1.807, 2.05) is 0 Å². The highest BCUT2D eigenvalue weighted by Gasteiger charge is 2.73. The molecule has 11 atom stereocenters. The molecule has 6 rings (SSSR count). The average Bonchev–Trinajstić information content (AvgIpc) is 3.06. The summed E-state index contributed by atoms with van der Waals surface area (Å²) in [5.74, 6) is 3.00. The van der Waals surface area contributed by atoms with Gasteiger partial charge in [0.1, 0.15) is 0 Å². The summed E-state index contributed by atoms with van der Waals surface area (Å²) in [4.78, 5) is 0.214. The van der Waals surface area contributed by atoms with Gasteiger partial charge in [-0.25, -0.2) is 0 Å². The number of fused-ring (bicyclic) bond motifs is 5. The van der Waals surface area contributed by atoms with Gasteiger partial charge in [0.15, 0.2) is 0 Å². The number of ether oxygens (including phenoxy) is 1. The zero-order chi connectivity index (χ0) is 23.8. The second-order valence-electron chi connectivity index (χ2n) is 15.8. The maximum absolute atomic E-state index is 11.2. The lowest BCUT2D eigenvalue weighted by molar-refractivity contribution is -0.248. The van der Waals surface area contributed by atoms with Crippen LogP contribution in [0.4, 0.5) is 0 Å². The third kappa shape index (κ3) is 2.70. The number of halogens is 1. The van der Waals surface area contributed by atoms with Gasteiger partial charge in [0.05, 0.1) is 18.8 Å². The second-order valence-corrected chi connectivity index (χ2v) is 16.8. The third-order valence-electron chi connectivity index (χ3n) is 14.0. The molecule has 0 aromatic rings. The van der Waals surface area contributed by atoms with E-state index in [9.17, 15) is 5.11 Å². The highest BCUT2D eigenvalue weighted by atomic mass is 79.9. The van der Waals surface area contributed by atoms with Crippen LogP contribution < -0.4 is 0 Å². The van der Waals surface area contributed by atoms with E-state index in [0.717, 1.165) is 30.8 Å². The topological polar surface area (TPSA) is 29.5 Å². The van der Waals surface area contributed by atoms with Crippen LogP contribution in [-0.2, 0) is 4.74 Å². The molecule has 5 saturated carbocycles. The number of hydrogen-bond donors (Lipinski definition) is 1. The van der Waals surface area contributed by atoms with Crippen LogP contribution in [0.15, 0.2) is 0 Å². The summed E-state index contributed by atoms with van der Waals surface area (Å²) in [6.07, 6.45) is 12.2. The molecule has 0 aromatic heterocycles. The normalized spacial score (nSPS) is 60.8. The van der Waals surface area contributed by atoms with E-state index in [1.54, 1.807) is 0 Å². The van der Waals surface area contributed by atoms with Crippen molar-refractivity contribution in [3.63, 3.8) is 0 Å². The van der Waals surface area contributed by atoms with Crippen molar-refractivity contribution in [2.24, 2.45) is 56.2 Å². The summed E-state index contributed by atoms with van der Waals surface area (Å²) in [6, 6.07) is 0. The van der Waals surface area contributed by atoms with Gasteiger partial charge in [-0.3, -0.25) is 0 Å². The molecule has 1 heterocycles. The van der Waals surface area contributed by atoms with Gasteiger partial charge in [-0.15, -0.1) is 0 Å². The van der Waals surface area contributed by atoms with Crippen molar-refractivity contribution in [1.82, 2.24) is 0 Å². The molecule has 5 aliphatic carbocycles. The van der Waals surface area contributed by atoms with E-state index in [1.165, 1.54) is 51.4 Å². The molecule has 1 saturated heterocycles. The molecule has 0 aromatic carbocycles. The van der Waals surface area contributed by atoms with Gasteiger partial charge in [0, 0.05) is 4.83 Å². The number of aliphatic hydroxyl groups is 1. The zero-order valence-electron chi connectivity index (χ0n) is 22.3. The van der Waals surface area contributed by atoms with E-state index in [0.29, 0.717) is 33.7 Å². The highest BCUT2D eigenvalue weighted by molar-refractivity contribution is 9.09.